The van der Waals surface area contributed by atoms with E-state index in [0.29, 0.717) is 11.0 Å². The third-order valence-electron chi connectivity index (χ3n) is 6.24. The number of non-ortho nitro benzene ring substituents is 2. The van der Waals surface area contributed by atoms with Gasteiger partial charge in [-0.3, -0.25) is 29.8 Å². The van der Waals surface area contributed by atoms with E-state index in [1.807, 2.05) is 0 Å². The molecule has 0 unspecified atom stereocenters. The smallest absolute Gasteiger partial charge is 0.312 e. The van der Waals surface area contributed by atoms with Crippen LogP contribution in [-0.2, 0) is 0 Å². The SMILES string of the molecule is Cc1[nH]c(C(=O)N=Nc2c(O)[nH]c3ccc([N+](=O)[O-])cc23)c(C)c1C(=O)N=Nc1c(O)[nH]c2ccc([N+](=O)[O-])cc12. The molecule has 17 heteroatoms. The second-order valence-electron chi connectivity index (χ2n) is 8.75. The summed E-state index contributed by atoms with van der Waals surface area (Å²) in [7, 11) is 0. The van der Waals surface area contributed by atoms with Crippen molar-refractivity contribution in [2.45, 2.75) is 13.8 Å². The minimum Gasteiger partial charge on any atom is -0.493 e. The van der Waals surface area contributed by atoms with Crippen molar-refractivity contribution >= 4 is 56.4 Å². The highest BCUT2D eigenvalue weighted by Gasteiger charge is 2.23. The zero-order valence-electron chi connectivity index (χ0n) is 21.0. The number of nitrogens with one attached hydrogen (secondary N) is 3. The summed E-state index contributed by atoms with van der Waals surface area (Å²) in [6.07, 6.45) is 0. The summed E-state index contributed by atoms with van der Waals surface area (Å²) in [6.45, 7) is 2.95. The van der Waals surface area contributed by atoms with Crippen LogP contribution in [0, 0.1) is 34.1 Å². The van der Waals surface area contributed by atoms with Crippen LogP contribution in [0.15, 0.2) is 56.9 Å². The van der Waals surface area contributed by atoms with Crippen LogP contribution in [-0.4, -0.2) is 46.8 Å². The van der Waals surface area contributed by atoms with E-state index >= 15 is 0 Å². The number of rotatable bonds is 6. The van der Waals surface area contributed by atoms with Gasteiger partial charge < -0.3 is 25.2 Å². The highest BCUT2D eigenvalue weighted by Crippen LogP contribution is 2.38. The monoisotopic (exact) mass is 559 g/mol. The number of aryl methyl sites for hydroxylation is 1. The van der Waals surface area contributed by atoms with Gasteiger partial charge in [0.05, 0.1) is 26.4 Å². The molecule has 0 spiro atoms. The van der Waals surface area contributed by atoms with Crippen molar-refractivity contribution in [2.75, 3.05) is 0 Å². The lowest BCUT2D eigenvalue weighted by Gasteiger charge is -1.97. The van der Waals surface area contributed by atoms with Crippen LogP contribution in [0.2, 0.25) is 0 Å². The van der Waals surface area contributed by atoms with Gasteiger partial charge in [0, 0.05) is 40.7 Å². The number of fused-ring (bicyclic) bond motifs is 2. The summed E-state index contributed by atoms with van der Waals surface area (Å²) in [4.78, 5) is 54.7. The van der Waals surface area contributed by atoms with Gasteiger partial charge in [0.1, 0.15) is 5.69 Å². The van der Waals surface area contributed by atoms with Crippen LogP contribution in [0.5, 0.6) is 11.8 Å². The molecule has 0 atom stereocenters. The molecule has 0 fully saturated rings. The summed E-state index contributed by atoms with van der Waals surface area (Å²) in [5.74, 6) is -2.71. The molecule has 0 radical (unpaired) electrons. The zero-order chi connectivity index (χ0) is 29.6. The molecule has 0 aliphatic carbocycles. The number of amides is 2. The van der Waals surface area contributed by atoms with Crippen molar-refractivity contribution in [3.63, 3.8) is 0 Å². The minimum atomic E-state index is -0.914. The number of aromatic nitrogens is 3. The number of H-pyrrole nitrogens is 3. The Kier molecular flexibility index (Phi) is 6.30. The fourth-order valence-corrected chi connectivity index (χ4v) is 4.31. The number of aromatic amines is 3. The minimum absolute atomic E-state index is 0.0109. The summed E-state index contributed by atoms with van der Waals surface area (Å²) in [5, 5.41) is 57.7. The average Bonchev–Trinajstić information content (AvgIpc) is 3.53. The molecule has 17 nitrogen and oxygen atoms in total. The lowest BCUT2D eigenvalue weighted by molar-refractivity contribution is -0.384. The van der Waals surface area contributed by atoms with E-state index < -0.39 is 33.4 Å². The number of nitro benzene ring substituents is 2. The second kappa shape index (κ2) is 9.80. The van der Waals surface area contributed by atoms with Gasteiger partial charge in [-0.05, 0) is 31.5 Å². The molecule has 206 valence electrons. The van der Waals surface area contributed by atoms with Crippen molar-refractivity contribution in [3.05, 3.63) is 79.1 Å². The van der Waals surface area contributed by atoms with Gasteiger partial charge in [-0.15, -0.1) is 20.5 Å². The van der Waals surface area contributed by atoms with E-state index in [4.69, 9.17) is 0 Å². The lowest BCUT2D eigenvalue weighted by atomic mass is 10.1. The fraction of sp³-hybridized carbons (Fsp3) is 0.0833. The quantitative estimate of drug-likeness (QED) is 0.0980. The van der Waals surface area contributed by atoms with E-state index in [0.717, 1.165) is 0 Å². The number of nitrogens with zero attached hydrogens (tertiary/aromatic N) is 6. The third-order valence-corrected chi connectivity index (χ3v) is 6.24. The van der Waals surface area contributed by atoms with Crippen LogP contribution in [0.4, 0.5) is 22.7 Å². The molecule has 3 heterocycles. The predicted molar refractivity (Wildman–Crippen MR) is 141 cm³/mol. The Labute approximate surface area is 226 Å². The van der Waals surface area contributed by atoms with E-state index in [1.54, 1.807) is 0 Å². The largest absolute Gasteiger partial charge is 0.493 e. The Bertz CT molecular complexity index is 2000. The van der Waals surface area contributed by atoms with Gasteiger partial charge >= 0.3 is 5.91 Å². The van der Waals surface area contributed by atoms with Gasteiger partial charge in [0.15, 0.2) is 11.4 Å². The standard InChI is InChI=1S/C24H17N9O8/c1-9-17(21(34)30-28-19-13-7-11(32(38)39)3-5-15(13)26-22(19)35)10(2)25-18(9)24(37)31-29-20-14-8-12(33(40)41)4-6-16(14)27-23(20)36/h3-8,25-27,35-36H,1-2H3. The molecule has 2 amide bonds. The van der Waals surface area contributed by atoms with Gasteiger partial charge in [0.25, 0.3) is 17.3 Å². The zero-order valence-corrected chi connectivity index (χ0v) is 21.0. The topological polar surface area (TPSA) is 258 Å². The van der Waals surface area contributed by atoms with Crippen molar-refractivity contribution < 1.29 is 29.6 Å². The highest BCUT2D eigenvalue weighted by molar-refractivity contribution is 6.04. The molecule has 0 aliphatic rings. The molecular weight excluding hydrogens is 542 g/mol. The molecule has 5 aromatic rings. The summed E-state index contributed by atoms with van der Waals surface area (Å²) in [6, 6.07) is 7.54. The summed E-state index contributed by atoms with van der Waals surface area (Å²) < 4.78 is 0. The molecule has 0 saturated heterocycles. The van der Waals surface area contributed by atoms with Crippen LogP contribution < -0.4 is 0 Å². The number of aromatic hydroxyl groups is 2. The van der Waals surface area contributed by atoms with Gasteiger partial charge in [0.2, 0.25) is 11.8 Å². The van der Waals surface area contributed by atoms with Crippen molar-refractivity contribution in [3.8, 4) is 11.8 Å². The van der Waals surface area contributed by atoms with Crippen molar-refractivity contribution in [1.82, 2.24) is 15.0 Å². The van der Waals surface area contributed by atoms with Gasteiger partial charge in [-0.2, -0.15) is 0 Å². The van der Waals surface area contributed by atoms with Crippen LogP contribution in [0.25, 0.3) is 21.8 Å². The Morgan fingerprint density at radius 1 is 0.756 bits per heavy atom. The fourth-order valence-electron chi connectivity index (χ4n) is 4.31. The number of hydrogen-bond acceptors (Lipinski definition) is 10. The molecule has 0 bridgehead atoms. The molecule has 2 aromatic carbocycles. The van der Waals surface area contributed by atoms with E-state index in [-0.39, 0.29) is 56.0 Å². The molecular formula is C24H17N9O8. The van der Waals surface area contributed by atoms with Crippen LogP contribution in [0.3, 0.4) is 0 Å². The maximum absolute atomic E-state index is 12.9. The van der Waals surface area contributed by atoms with E-state index in [1.165, 1.54) is 50.2 Å². The second-order valence-corrected chi connectivity index (χ2v) is 8.75. The Hall–Kier alpha value is -6.26. The first kappa shape index (κ1) is 26.4. The predicted octanol–water partition coefficient (Wildman–Crippen LogP) is 5.67. The molecule has 0 aliphatic heterocycles. The molecule has 41 heavy (non-hydrogen) atoms. The van der Waals surface area contributed by atoms with E-state index in [2.05, 4.69) is 35.4 Å². The van der Waals surface area contributed by atoms with Crippen LogP contribution >= 0.6 is 0 Å². The maximum atomic E-state index is 12.9. The normalized spacial score (nSPS) is 11.8. The van der Waals surface area contributed by atoms with Gasteiger partial charge in [-0.1, -0.05) is 0 Å². The molecule has 5 rings (SSSR count). The Balaban J connectivity index is 1.43. The van der Waals surface area contributed by atoms with Crippen LogP contribution in [0.1, 0.15) is 32.1 Å². The van der Waals surface area contributed by atoms with Gasteiger partial charge in [-0.25, -0.2) is 0 Å². The Morgan fingerprint density at radius 3 is 1.68 bits per heavy atom. The lowest BCUT2D eigenvalue weighted by Crippen LogP contribution is -2.00. The first-order valence-electron chi connectivity index (χ1n) is 11.6. The maximum Gasteiger partial charge on any atom is 0.312 e. The molecule has 5 N–H and O–H groups in total. The number of azo groups is 2. The first-order valence-corrected chi connectivity index (χ1v) is 11.6. The van der Waals surface area contributed by atoms with Crippen molar-refractivity contribution in [2.24, 2.45) is 20.5 Å². The number of benzene rings is 2. The van der Waals surface area contributed by atoms with E-state index in [9.17, 15) is 40.0 Å². The Morgan fingerprint density at radius 2 is 1.22 bits per heavy atom. The van der Waals surface area contributed by atoms with Crippen molar-refractivity contribution in [1.29, 1.82) is 0 Å². The number of nitro groups is 2. The molecule has 3 aromatic heterocycles. The highest BCUT2D eigenvalue weighted by atomic mass is 16.6. The summed E-state index contributed by atoms with van der Waals surface area (Å²) >= 11 is 0. The molecule has 0 saturated carbocycles. The average molecular weight is 559 g/mol. The number of carbonyl (C=O) groups is 2. The number of hydrogen-bond donors (Lipinski definition) is 5. The first-order chi connectivity index (χ1) is 19.5. The summed E-state index contributed by atoms with van der Waals surface area (Å²) in [5.41, 5.74) is 0.0487. The number of carbonyl (C=O) groups excluding carboxylic acids is 2. The third kappa shape index (κ3) is 4.62.